The predicted octanol–water partition coefficient (Wildman–Crippen LogP) is 1.17. The highest BCUT2D eigenvalue weighted by molar-refractivity contribution is 6.01. The van der Waals surface area contributed by atoms with Gasteiger partial charge in [0.15, 0.2) is 24.2 Å². The molecule has 1 saturated heterocycles. The third-order valence-electron chi connectivity index (χ3n) is 11.9. The van der Waals surface area contributed by atoms with Crippen LogP contribution in [0.1, 0.15) is 95.6 Å². The number of hydrogen-bond acceptors (Lipinski definition) is 15. The Morgan fingerprint density at radius 1 is 0.792 bits per heavy atom. The van der Waals surface area contributed by atoms with E-state index in [1.165, 1.54) is 62.9 Å². The van der Waals surface area contributed by atoms with Gasteiger partial charge in [-0.15, -0.1) is 0 Å². The van der Waals surface area contributed by atoms with Gasteiger partial charge in [-0.2, -0.15) is 0 Å². The molecule has 402 valence electrons. The third kappa shape index (κ3) is 17.1. The highest BCUT2D eigenvalue weighted by Crippen LogP contribution is 2.24. The van der Waals surface area contributed by atoms with Crippen LogP contribution in [-0.2, 0) is 78.1 Å². The molecule has 1 fully saturated rings. The lowest BCUT2D eigenvalue weighted by molar-refractivity contribution is -0.175. The molecule has 1 aliphatic heterocycles. The first-order chi connectivity index (χ1) is 33.2. The SMILES string of the molecule is C=C1C(=O)N[C@@H](C)C(=O)N(C)[C@@H](C)C(=O)N[C@@H]([C@H](OC(=O)[C@@H](NC(C)=O)[C@H](OC(C)(C)C)C(C)C)C(C)C)C(=O)N(C)[C@@H]([C@@H](C)OC)C(=O)O[C@H](C)[C@H](NC(C)=O)C(=O)O[C@H](Cc2ccccc2)C(=O)N1C. The number of carbonyl (C=O) groups is 10. The number of esters is 3. The molecule has 0 spiro atoms. The van der Waals surface area contributed by atoms with E-state index in [2.05, 4.69) is 27.8 Å². The zero-order chi connectivity index (χ0) is 55.3. The number of benzene rings is 1. The Hall–Kier alpha value is -6.42. The van der Waals surface area contributed by atoms with E-state index in [9.17, 15) is 43.2 Å². The molecule has 1 heterocycles. The van der Waals surface area contributed by atoms with Gasteiger partial charge in [0.2, 0.25) is 29.5 Å². The summed E-state index contributed by atoms with van der Waals surface area (Å²) < 4.78 is 29.5. The smallest absolute Gasteiger partial charge is 0.333 e. The number of rotatable bonds is 13. The van der Waals surface area contributed by atoms with E-state index in [0.717, 1.165) is 21.6 Å². The Labute approximate surface area is 422 Å². The maximum atomic E-state index is 15.1. The van der Waals surface area contributed by atoms with Gasteiger partial charge in [-0.3, -0.25) is 33.6 Å². The summed E-state index contributed by atoms with van der Waals surface area (Å²) in [6.07, 6.45) is -7.11. The first-order valence-electron chi connectivity index (χ1n) is 23.8. The fourth-order valence-electron chi connectivity index (χ4n) is 7.64. The van der Waals surface area contributed by atoms with Gasteiger partial charge >= 0.3 is 17.9 Å². The van der Waals surface area contributed by atoms with Gasteiger partial charge in [0.1, 0.15) is 36.0 Å². The van der Waals surface area contributed by atoms with E-state index in [1.807, 2.05) is 0 Å². The number of nitrogens with one attached hydrogen (secondary N) is 4. The molecule has 72 heavy (non-hydrogen) atoms. The van der Waals surface area contributed by atoms with E-state index in [1.54, 1.807) is 78.8 Å². The largest absolute Gasteiger partial charge is 0.458 e. The quantitative estimate of drug-likeness (QED) is 0.123. The van der Waals surface area contributed by atoms with Gasteiger partial charge in [0.25, 0.3) is 11.8 Å². The Bertz CT molecular complexity index is 2140. The minimum atomic E-state index is -1.83. The van der Waals surface area contributed by atoms with Crippen LogP contribution in [0.5, 0.6) is 0 Å². The zero-order valence-electron chi connectivity index (χ0n) is 44.8. The summed E-state index contributed by atoms with van der Waals surface area (Å²) in [5, 5.41) is 10.1. The van der Waals surface area contributed by atoms with Crippen LogP contribution < -0.4 is 21.3 Å². The Balaban J connectivity index is 2.93. The van der Waals surface area contributed by atoms with Crippen molar-refractivity contribution in [3.63, 3.8) is 0 Å². The van der Waals surface area contributed by atoms with E-state index in [-0.39, 0.29) is 12.3 Å². The van der Waals surface area contributed by atoms with Crippen LogP contribution in [-0.4, -0.2) is 175 Å². The Kier molecular flexibility index (Phi) is 23.0. The maximum absolute atomic E-state index is 15.1. The molecule has 0 saturated carbocycles. The molecular weight excluding hydrogens is 939 g/mol. The molecule has 0 aromatic heterocycles. The molecule has 0 unspecified atom stereocenters. The lowest BCUT2D eigenvalue weighted by Gasteiger charge is -2.39. The number of ether oxygens (including phenoxy) is 5. The first kappa shape index (κ1) is 61.7. The fraction of sp³-hybridized carbons (Fsp3) is 0.640. The standard InChI is InChI=1S/C50H77N7O15/c1-25(2)40(71-48(66)38(53-33(11)59)41(26(3)4)72-50(12,13)14)37-46(64)57(17)39(31(9)68-18)49(67)69-30(8)36(52-32(10)58)47(65)70-35(24-34-22-20-19-21-23-34)45(63)56(16)28(6)42(60)51-27(5)44(62)55(15)29(7)43(61)54-37/h19-23,25-27,29-31,35-41H,6,24H2,1-5,7-18H3,(H,51,60)(H,52,58)(H,53,59)(H,54,61)/t27-,29-,30+,31+,35+,36-,37-,38-,39-,40+,41+/m0/s1. The van der Waals surface area contributed by atoms with Gasteiger partial charge in [0, 0.05) is 48.5 Å². The minimum Gasteiger partial charge on any atom is -0.458 e. The maximum Gasteiger partial charge on any atom is 0.333 e. The van der Waals surface area contributed by atoms with Crippen LogP contribution in [0, 0.1) is 11.8 Å². The minimum absolute atomic E-state index is 0.226. The summed E-state index contributed by atoms with van der Waals surface area (Å²) in [4.78, 5) is 142. The normalized spacial score (nSPS) is 24.7. The molecule has 7 amide bonds. The molecule has 11 atom stereocenters. The highest BCUT2D eigenvalue weighted by Gasteiger charge is 2.46. The van der Waals surface area contributed by atoms with E-state index >= 15 is 4.79 Å². The number of cyclic esters (lactones) is 2. The molecule has 2 rings (SSSR count). The molecular formula is C50H77N7O15. The van der Waals surface area contributed by atoms with Crippen molar-refractivity contribution in [2.24, 2.45) is 11.8 Å². The monoisotopic (exact) mass is 1020 g/mol. The third-order valence-corrected chi connectivity index (χ3v) is 11.9. The lowest BCUT2D eigenvalue weighted by atomic mass is 9.95. The summed E-state index contributed by atoms with van der Waals surface area (Å²) in [6.45, 7) is 23.4. The van der Waals surface area contributed by atoms with Gasteiger partial charge in [-0.25, -0.2) is 14.4 Å². The summed E-state index contributed by atoms with van der Waals surface area (Å²) in [7, 11) is 4.91. The number of hydrogen-bond donors (Lipinski definition) is 4. The Morgan fingerprint density at radius 3 is 1.88 bits per heavy atom. The highest BCUT2D eigenvalue weighted by atomic mass is 16.6. The topological polar surface area (TPSA) is 275 Å². The van der Waals surface area contributed by atoms with Crippen molar-refractivity contribution in [3.8, 4) is 0 Å². The van der Waals surface area contributed by atoms with E-state index in [0.29, 0.717) is 5.56 Å². The van der Waals surface area contributed by atoms with Crippen LogP contribution >= 0.6 is 0 Å². The number of amides is 7. The van der Waals surface area contributed by atoms with Gasteiger partial charge in [-0.1, -0.05) is 64.6 Å². The summed E-state index contributed by atoms with van der Waals surface area (Å²) in [5.41, 5.74) is -0.735. The average Bonchev–Trinajstić information content (AvgIpc) is 3.29. The zero-order valence-corrected chi connectivity index (χ0v) is 44.8. The molecule has 1 aliphatic rings. The van der Waals surface area contributed by atoms with Crippen molar-refractivity contribution in [3.05, 3.63) is 48.2 Å². The summed E-state index contributed by atoms with van der Waals surface area (Å²) in [6, 6.07) is -1.01. The molecule has 1 aromatic carbocycles. The van der Waals surface area contributed by atoms with Crippen molar-refractivity contribution in [1.82, 2.24) is 36.0 Å². The second kappa shape index (κ2) is 26.9. The van der Waals surface area contributed by atoms with Gasteiger partial charge in [0.05, 0.1) is 17.8 Å². The van der Waals surface area contributed by atoms with Crippen molar-refractivity contribution >= 4 is 59.3 Å². The predicted molar refractivity (Wildman–Crippen MR) is 262 cm³/mol. The molecule has 1 aromatic rings. The van der Waals surface area contributed by atoms with Crippen LogP contribution in [0.15, 0.2) is 42.6 Å². The number of methoxy groups -OCH3 is 1. The molecule has 22 nitrogen and oxygen atoms in total. The van der Waals surface area contributed by atoms with Gasteiger partial charge < -0.3 is 59.7 Å². The molecule has 4 N–H and O–H groups in total. The molecule has 0 bridgehead atoms. The van der Waals surface area contributed by atoms with Crippen LogP contribution in [0.3, 0.4) is 0 Å². The summed E-state index contributed by atoms with van der Waals surface area (Å²) >= 11 is 0. The van der Waals surface area contributed by atoms with Crippen molar-refractivity contribution in [2.45, 2.75) is 169 Å². The second-order valence-electron chi connectivity index (χ2n) is 19.7. The molecule has 0 radical (unpaired) electrons. The number of nitrogens with zero attached hydrogens (tertiary/aromatic N) is 3. The van der Waals surface area contributed by atoms with Crippen LogP contribution in [0.25, 0.3) is 0 Å². The first-order valence-corrected chi connectivity index (χ1v) is 23.8. The molecule has 22 heteroatoms. The van der Waals surface area contributed by atoms with Crippen molar-refractivity contribution in [1.29, 1.82) is 0 Å². The Morgan fingerprint density at radius 2 is 1.38 bits per heavy atom. The second-order valence-corrected chi connectivity index (χ2v) is 19.7. The molecule has 0 aliphatic carbocycles. The lowest BCUT2D eigenvalue weighted by Crippen LogP contribution is -2.64. The average molecular weight is 1020 g/mol. The number of carbonyl (C=O) groups excluding carboxylic acids is 10. The fourth-order valence-corrected chi connectivity index (χ4v) is 7.64. The van der Waals surface area contributed by atoms with Crippen molar-refractivity contribution < 1.29 is 71.6 Å². The van der Waals surface area contributed by atoms with Gasteiger partial charge in [-0.05, 0) is 65.9 Å². The van der Waals surface area contributed by atoms with Crippen LogP contribution in [0.2, 0.25) is 0 Å². The summed E-state index contributed by atoms with van der Waals surface area (Å²) in [5.74, 6) is -10.6. The van der Waals surface area contributed by atoms with Crippen molar-refractivity contribution in [2.75, 3.05) is 28.3 Å². The number of likely N-dealkylation sites (N-methyl/N-ethyl adjacent to an activating group) is 3. The van der Waals surface area contributed by atoms with E-state index in [4.69, 9.17) is 23.7 Å². The van der Waals surface area contributed by atoms with Crippen LogP contribution in [0.4, 0.5) is 0 Å². The van der Waals surface area contributed by atoms with E-state index < -0.39 is 143 Å².